The fraction of sp³-hybridized carbons (Fsp3) is 0.125. The molecule has 0 aliphatic rings. The molecule has 1 amide bonds. The van der Waals surface area contributed by atoms with Crippen LogP contribution in [0.3, 0.4) is 0 Å². The number of aromatic nitrogens is 1. The highest BCUT2D eigenvalue weighted by Gasteiger charge is 2.12. The lowest BCUT2D eigenvalue weighted by atomic mass is 10.2. The molecule has 0 atom stereocenters. The molecule has 2 N–H and O–H groups in total. The zero-order valence-electron chi connectivity index (χ0n) is 17.8. The zero-order chi connectivity index (χ0) is 22.7. The predicted molar refractivity (Wildman–Crippen MR) is 133 cm³/mol. The van der Waals surface area contributed by atoms with Gasteiger partial charge < -0.3 is 14.8 Å². The summed E-state index contributed by atoms with van der Waals surface area (Å²) in [6.07, 6.45) is 0. The van der Waals surface area contributed by atoms with Crippen molar-refractivity contribution in [3.63, 3.8) is 0 Å². The molecule has 0 saturated carbocycles. The van der Waals surface area contributed by atoms with Crippen LogP contribution in [0.25, 0.3) is 20.8 Å². The SMILES string of the molecule is COc1ccc(C(=O)NC(=S)Nc2ccc(-c3nc4ccc(C)cc4s3)cc2)cc1OC. The Morgan fingerprint density at radius 2 is 1.72 bits per heavy atom. The highest BCUT2D eigenvalue weighted by atomic mass is 32.1. The Balaban J connectivity index is 1.41. The van der Waals surface area contributed by atoms with E-state index in [9.17, 15) is 4.79 Å². The first-order valence-corrected chi connectivity index (χ1v) is 11.0. The number of methoxy groups -OCH3 is 2. The number of ether oxygens (including phenoxy) is 2. The van der Waals surface area contributed by atoms with E-state index in [0.29, 0.717) is 17.1 Å². The maximum Gasteiger partial charge on any atom is 0.257 e. The minimum absolute atomic E-state index is 0.202. The molecule has 0 aliphatic heterocycles. The molecular weight excluding hydrogens is 442 g/mol. The Bertz CT molecular complexity index is 1300. The molecule has 0 unspecified atom stereocenters. The van der Waals surface area contributed by atoms with Crippen LogP contribution in [-0.2, 0) is 0 Å². The summed E-state index contributed by atoms with van der Waals surface area (Å²) in [5, 5.41) is 6.87. The number of benzene rings is 3. The molecule has 0 saturated heterocycles. The second kappa shape index (κ2) is 9.33. The second-order valence-electron chi connectivity index (χ2n) is 7.05. The largest absolute Gasteiger partial charge is 0.493 e. The number of anilines is 1. The molecule has 4 aromatic rings. The summed E-state index contributed by atoms with van der Waals surface area (Å²) in [4.78, 5) is 17.2. The molecule has 162 valence electrons. The first-order valence-electron chi connectivity index (χ1n) is 9.79. The predicted octanol–water partition coefficient (Wildman–Crippen LogP) is 5.42. The minimum atomic E-state index is -0.343. The molecule has 0 spiro atoms. The maximum absolute atomic E-state index is 12.5. The number of nitrogens with one attached hydrogen (secondary N) is 2. The third-order valence-corrected chi connectivity index (χ3v) is 6.08. The van der Waals surface area contributed by atoms with Gasteiger partial charge in [-0.05, 0) is 79.3 Å². The van der Waals surface area contributed by atoms with Crippen molar-refractivity contribution in [2.75, 3.05) is 19.5 Å². The van der Waals surface area contributed by atoms with Crippen LogP contribution in [0.4, 0.5) is 5.69 Å². The Morgan fingerprint density at radius 1 is 0.969 bits per heavy atom. The molecule has 1 aromatic heterocycles. The molecule has 6 nitrogen and oxygen atoms in total. The van der Waals surface area contributed by atoms with Crippen molar-refractivity contribution in [1.29, 1.82) is 0 Å². The number of rotatable bonds is 5. The molecule has 3 aromatic carbocycles. The van der Waals surface area contributed by atoms with Gasteiger partial charge in [-0.15, -0.1) is 11.3 Å². The number of carbonyl (C=O) groups excluding carboxylic acids is 1. The number of amides is 1. The average Bonchev–Trinajstić information content (AvgIpc) is 3.22. The highest BCUT2D eigenvalue weighted by Crippen LogP contribution is 2.31. The van der Waals surface area contributed by atoms with Crippen LogP contribution in [0.15, 0.2) is 60.7 Å². The Hall–Kier alpha value is -3.49. The first-order chi connectivity index (χ1) is 15.5. The Labute approximate surface area is 195 Å². The number of nitrogens with zero attached hydrogens (tertiary/aromatic N) is 1. The fourth-order valence-electron chi connectivity index (χ4n) is 3.17. The number of aryl methyl sites for hydroxylation is 1. The van der Waals surface area contributed by atoms with E-state index in [0.717, 1.165) is 21.8 Å². The average molecular weight is 464 g/mol. The quantitative estimate of drug-likeness (QED) is 0.385. The van der Waals surface area contributed by atoms with E-state index < -0.39 is 0 Å². The second-order valence-corrected chi connectivity index (χ2v) is 8.48. The van der Waals surface area contributed by atoms with Crippen molar-refractivity contribution < 1.29 is 14.3 Å². The fourth-order valence-corrected chi connectivity index (χ4v) is 4.45. The van der Waals surface area contributed by atoms with E-state index >= 15 is 0 Å². The van der Waals surface area contributed by atoms with Gasteiger partial charge in [0, 0.05) is 16.8 Å². The third-order valence-electron chi connectivity index (χ3n) is 4.81. The molecule has 0 aliphatic carbocycles. The molecule has 0 radical (unpaired) electrons. The topological polar surface area (TPSA) is 72.5 Å². The Morgan fingerprint density at radius 3 is 2.44 bits per heavy atom. The lowest BCUT2D eigenvalue weighted by Crippen LogP contribution is -2.34. The molecule has 0 bridgehead atoms. The number of thiocarbonyl (C=S) groups is 1. The maximum atomic E-state index is 12.5. The van der Waals surface area contributed by atoms with Crippen molar-refractivity contribution in [3.05, 3.63) is 71.8 Å². The molecule has 1 heterocycles. The van der Waals surface area contributed by atoms with E-state index in [-0.39, 0.29) is 11.0 Å². The lowest BCUT2D eigenvalue weighted by Gasteiger charge is -2.12. The van der Waals surface area contributed by atoms with E-state index in [2.05, 4.69) is 29.7 Å². The van der Waals surface area contributed by atoms with Crippen molar-refractivity contribution in [3.8, 4) is 22.1 Å². The highest BCUT2D eigenvalue weighted by molar-refractivity contribution is 7.80. The summed E-state index contributed by atoms with van der Waals surface area (Å²) in [6, 6.07) is 18.9. The number of hydrogen-bond donors (Lipinski definition) is 2. The number of carbonyl (C=O) groups is 1. The molecular formula is C24H21N3O3S2. The van der Waals surface area contributed by atoms with Crippen molar-refractivity contribution in [1.82, 2.24) is 10.3 Å². The lowest BCUT2D eigenvalue weighted by molar-refractivity contribution is 0.0977. The van der Waals surface area contributed by atoms with Crippen molar-refractivity contribution in [2.24, 2.45) is 0 Å². The van der Waals surface area contributed by atoms with Gasteiger partial charge in [-0.2, -0.15) is 0 Å². The van der Waals surface area contributed by atoms with Gasteiger partial charge in [0.2, 0.25) is 0 Å². The smallest absolute Gasteiger partial charge is 0.257 e. The third kappa shape index (κ3) is 4.71. The van der Waals surface area contributed by atoms with Gasteiger partial charge in [0.15, 0.2) is 16.6 Å². The molecule has 8 heteroatoms. The van der Waals surface area contributed by atoms with Crippen molar-refractivity contribution >= 4 is 50.5 Å². The van der Waals surface area contributed by atoms with Crippen LogP contribution >= 0.6 is 23.6 Å². The van der Waals surface area contributed by atoms with Gasteiger partial charge in [0.25, 0.3) is 5.91 Å². The van der Waals surface area contributed by atoms with Gasteiger partial charge in [-0.3, -0.25) is 10.1 Å². The summed E-state index contributed by atoms with van der Waals surface area (Å²) in [5.41, 5.74) is 4.42. The Kier molecular flexibility index (Phi) is 6.34. The monoisotopic (exact) mass is 463 g/mol. The normalized spacial score (nSPS) is 10.6. The van der Waals surface area contributed by atoms with Gasteiger partial charge >= 0.3 is 0 Å². The van der Waals surface area contributed by atoms with Crippen LogP contribution < -0.4 is 20.1 Å². The number of fused-ring (bicyclic) bond motifs is 1. The van der Waals surface area contributed by atoms with Gasteiger partial charge in [-0.1, -0.05) is 6.07 Å². The van der Waals surface area contributed by atoms with E-state index in [4.69, 9.17) is 26.7 Å². The summed E-state index contributed by atoms with van der Waals surface area (Å²) in [5.74, 6) is 0.678. The van der Waals surface area contributed by atoms with Crippen LogP contribution in [0.5, 0.6) is 11.5 Å². The first kappa shape index (κ1) is 21.7. The standard InChI is InChI=1S/C24H21N3O3S2/c1-14-4-10-18-21(12-14)32-23(26-18)15-5-8-17(9-6-15)25-24(31)27-22(28)16-7-11-19(29-2)20(13-16)30-3/h4-13H,1-3H3,(H2,25,27,28,31). The van der Waals surface area contributed by atoms with Gasteiger partial charge in [0.1, 0.15) is 5.01 Å². The summed E-state index contributed by atoms with van der Waals surface area (Å²) < 4.78 is 11.6. The van der Waals surface area contributed by atoms with Crippen LogP contribution in [0, 0.1) is 6.92 Å². The van der Waals surface area contributed by atoms with E-state index in [1.165, 1.54) is 17.4 Å². The minimum Gasteiger partial charge on any atom is -0.493 e. The zero-order valence-corrected chi connectivity index (χ0v) is 19.4. The number of hydrogen-bond acceptors (Lipinski definition) is 6. The van der Waals surface area contributed by atoms with Crippen LogP contribution in [0.2, 0.25) is 0 Å². The number of thiazole rings is 1. The molecule has 4 rings (SSSR count). The molecule has 32 heavy (non-hydrogen) atoms. The van der Waals surface area contributed by atoms with Crippen LogP contribution in [0.1, 0.15) is 15.9 Å². The summed E-state index contributed by atoms with van der Waals surface area (Å²) >= 11 is 6.96. The summed E-state index contributed by atoms with van der Waals surface area (Å²) in [7, 11) is 3.06. The van der Waals surface area contributed by atoms with Gasteiger partial charge in [0.05, 0.1) is 24.4 Å². The van der Waals surface area contributed by atoms with E-state index in [1.54, 1.807) is 36.6 Å². The van der Waals surface area contributed by atoms with Gasteiger partial charge in [-0.25, -0.2) is 4.98 Å². The van der Waals surface area contributed by atoms with Crippen molar-refractivity contribution in [2.45, 2.75) is 6.92 Å². The van der Waals surface area contributed by atoms with Crippen LogP contribution in [-0.4, -0.2) is 30.2 Å². The molecule has 0 fully saturated rings. The van der Waals surface area contributed by atoms with E-state index in [1.807, 2.05) is 30.3 Å². The summed E-state index contributed by atoms with van der Waals surface area (Å²) in [6.45, 7) is 2.08.